The third kappa shape index (κ3) is 5.62. The van der Waals surface area contributed by atoms with Crippen molar-refractivity contribution in [3.63, 3.8) is 0 Å². The number of anilines is 2. The lowest BCUT2D eigenvalue weighted by Gasteiger charge is -2.17. The molecule has 5 nitrogen and oxygen atoms in total. The number of thiophene rings is 1. The molecule has 186 valence electrons. The molecule has 0 atom stereocenters. The van der Waals surface area contributed by atoms with Gasteiger partial charge in [-0.25, -0.2) is 0 Å². The van der Waals surface area contributed by atoms with Crippen LogP contribution in [0.15, 0.2) is 66.9 Å². The molecule has 0 saturated carbocycles. The van der Waals surface area contributed by atoms with Gasteiger partial charge in [0, 0.05) is 39.9 Å². The molecular weight excluding hydrogens is 462 g/mol. The number of fused-ring (bicyclic) bond motifs is 2. The van der Waals surface area contributed by atoms with Crippen LogP contribution in [0.5, 0.6) is 0 Å². The van der Waals surface area contributed by atoms with Crippen LogP contribution in [0.4, 0.5) is 11.4 Å². The van der Waals surface area contributed by atoms with E-state index in [1.54, 1.807) is 11.3 Å². The van der Waals surface area contributed by atoms with Gasteiger partial charge < -0.3 is 20.5 Å². The summed E-state index contributed by atoms with van der Waals surface area (Å²) in [7, 11) is 0. The molecule has 3 heterocycles. The largest absolute Gasteiger partial charge is 0.359 e. The maximum Gasteiger partial charge on any atom is 0.0837 e. The smallest absolute Gasteiger partial charge is 0.0837 e. The van der Waals surface area contributed by atoms with Gasteiger partial charge in [0.25, 0.3) is 0 Å². The molecule has 3 N–H and O–H groups in total. The lowest BCUT2D eigenvalue weighted by atomic mass is 10.1. The number of benzene rings is 2. The van der Waals surface area contributed by atoms with Gasteiger partial charge in [-0.3, -0.25) is 4.98 Å². The summed E-state index contributed by atoms with van der Waals surface area (Å²) in [4.78, 5) is 11.7. The Bertz CT molecular complexity index is 1430. The Balaban J connectivity index is 1.25. The fourth-order valence-electron chi connectivity index (χ4n) is 4.68. The molecule has 0 aliphatic carbocycles. The van der Waals surface area contributed by atoms with Gasteiger partial charge >= 0.3 is 0 Å². The second-order valence-corrected chi connectivity index (χ2v) is 10.4. The Labute approximate surface area is 217 Å². The number of aryl methyl sites for hydroxylation is 1. The van der Waals surface area contributed by atoms with Gasteiger partial charge in [-0.15, -0.1) is 11.3 Å². The minimum absolute atomic E-state index is 0.908. The van der Waals surface area contributed by atoms with Gasteiger partial charge in [-0.1, -0.05) is 38.1 Å². The highest BCUT2D eigenvalue weighted by Gasteiger charge is 2.10. The van der Waals surface area contributed by atoms with Crippen LogP contribution in [0.3, 0.4) is 0 Å². The number of rotatable bonds is 11. The van der Waals surface area contributed by atoms with E-state index in [2.05, 4.69) is 107 Å². The molecule has 0 aliphatic heterocycles. The molecule has 0 radical (unpaired) electrons. The molecule has 2 aromatic carbocycles. The number of aromatic nitrogens is 2. The summed E-state index contributed by atoms with van der Waals surface area (Å²) in [5.41, 5.74) is 8.09. The van der Waals surface area contributed by atoms with Crippen LogP contribution >= 0.6 is 11.3 Å². The summed E-state index contributed by atoms with van der Waals surface area (Å²) >= 11 is 1.79. The van der Waals surface area contributed by atoms with Crippen molar-refractivity contribution in [1.82, 2.24) is 20.2 Å². The first-order chi connectivity index (χ1) is 17.6. The van der Waals surface area contributed by atoms with E-state index >= 15 is 0 Å². The molecule has 0 amide bonds. The average molecular weight is 498 g/mol. The van der Waals surface area contributed by atoms with Gasteiger partial charge in [0.05, 0.1) is 15.9 Å². The van der Waals surface area contributed by atoms with Gasteiger partial charge in [0.15, 0.2) is 0 Å². The van der Waals surface area contributed by atoms with Crippen molar-refractivity contribution in [1.29, 1.82) is 0 Å². The molecule has 6 heteroatoms. The maximum atomic E-state index is 4.63. The van der Waals surface area contributed by atoms with Crippen molar-refractivity contribution in [3.8, 4) is 10.4 Å². The quantitative estimate of drug-likeness (QED) is 0.167. The molecule has 0 aliphatic rings. The van der Waals surface area contributed by atoms with E-state index in [0.29, 0.717) is 0 Å². The SMILES string of the molecule is CCN(CC)CCCNCc1ccc(-c2cc3nccc(Nc4ccc5[nH]c(C)cc5c4)c3s2)cc1. The van der Waals surface area contributed by atoms with Crippen molar-refractivity contribution in [3.05, 3.63) is 78.1 Å². The first kappa shape index (κ1) is 24.5. The summed E-state index contributed by atoms with van der Waals surface area (Å²) in [5, 5.41) is 8.42. The third-order valence-electron chi connectivity index (χ3n) is 6.74. The molecule has 5 rings (SSSR count). The first-order valence-electron chi connectivity index (χ1n) is 12.9. The highest BCUT2D eigenvalue weighted by atomic mass is 32.1. The van der Waals surface area contributed by atoms with Crippen LogP contribution < -0.4 is 10.6 Å². The van der Waals surface area contributed by atoms with Crippen molar-refractivity contribution >= 4 is 43.8 Å². The third-order valence-corrected chi connectivity index (χ3v) is 7.94. The van der Waals surface area contributed by atoms with Crippen molar-refractivity contribution in [2.75, 3.05) is 31.5 Å². The van der Waals surface area contributed by atoms with Crippen LogP contribution in [0, 0.1) is 6.92 Å². The molecule has 0 spiro atoms. The monoisotopic (exact) mass is 497 g/mol. The molecule has 36 heavy (non-hydrogen) atoms. The lowest BCUT2D eigenvalue weighted by molar-refractivity contribution is 0.298. The molecule has 5 aromatic rings. The summed E-state index contributed by atoms with van der Waals surface area (Å²) in [6.45, 7) is 11.9. The Kier molecular flexibility index (Phi) is 7.66. The Hall–Kier alpha value is -3.19. The van der Waals surface area contributed by atoms with Crippen LogP contribution in [0.1, 0.15) is 31.5 Å². The molecule has 0 fully saturated rings. The Morgan fingerprint density at radius 2 is 1.81 bits per heavy atom. The number of nitrogens with one attached hydrogen (secondary N) is 3. The van der Waals surface area contributed by atoms with E-state index < -0.39 is 0 Å². The standard InChI is InChI=1S/C30H35N5S/c1-4-35(5-2)16-6-14-31-20-22-7-9-23(10-8-22)29-19-28-30(36-29)27(13-15-32-28)34-25-11-12-26-24(18-25)17-21(3)33-26/h7-13,15,17-19,31,33H,4-6,14,16,20H2,1-3H3,(H,32,34). The second-order valence-electron chi connectivity index (χ2n) is 9.32. The minimum atomic E-state index is 0.908. The van der Waals surface area contributed by atoms with Gasteiger partial charge in [0.2, 0.25) is 0 Å². The zero-order valence-corrected chi connectivity index (χ0v) is 22.2. The Morgan fingerprint density at radius 1 is 0.972 bits per heavy atom. The summed E-state index contributed by atoms with van der Waals surface area (Å²) in [6.07, 6.45) is 3.07. The molecule has 3 aromatic heterocycles. The van der Waals surface area contributed by atoms with E-state index in [1.165, 1.54) is 38.2 Å². The second kappa shape index (κ2) is 11.2. The van der Waals surface area contributed by atoms with Crippen LogP contribution in [-0.2, 0) is 6.54 Å². The number of nitrogens with zero attached hydrogens (tertiary/aromatic N) is 2. The molecule has 0 saturated heterocycles. The number of hydrogen-bond donors (Lipinski definition) is 3. The lowest BCUT2D eigenvalue weighted by Crippen LogP contribution is -2.27. The van der Waals surface area contributed by atoms with Gasteiger partial charge in [0.1, 0.15) is 0 Å². The first-order valence-corrected chi connectivity index (χ1v) is 13.7. The van der Waals surface area contributed by atoms with Crippen molar-refractivity contribution in [2.45, 2.75) is 33.7 Å². The van der Waals surface area contributed by atoms with Crippen LogP contribution in [-0.4, -0.2) is 41.0 Å². The predicted octanol–water partition coefficient (Wildman–Crippen LogP) is 7.32. The predicted molar refractivity (Wildman–Crippen MR) is 155 cm³/mol. The zero-order chi connectivity index (χ0) is 24.9. The fourth-order valence-corrected chi connectivity index (χ4v) is 5.77. The minimum Gasteiger partial charge on any atom is -0.359 e. The number of hydrogen-bond acceptors (Lipinski definition) is 5. The van der Waals surface area contributed by atoms with Gasteiger partial charge in [-0.2, -0.15) is 0 Å². The van der Waals surface area contributed by atoms with E-state index in [0.717, 1.165) is 55.1 Å². The Morgan fingerprint density at radius 3 is 2.61 bits per heavy atom. The van der Waals surface area contributed by atoms with Crippen LogP contribution in [0.25, 0.3) is 31.6 Å². The highest BCUT2D eigenvalue weighted by Crippen LogP contribution is 2.37. The maximum absolute atomic E-state index is 4.63. The average Bonchev–Trinajstić information content (AvgIpc) is 3.50. The topological polar surface area (TPSA) is 56.0 Å². The molecule has 0 bridgehead atoms. The zero-order valence-electron chi connectivity index (χ0n) is 21.4. The molecule has 0 unspecified atom stereocenters. The highest BCUT2D eigenvalue weighted by molar-refractivity contribution is 7.22. The number of pyridine rings is 1. The molecular formula is C30H35N5S. The summed E-state index contributed by atoms with van der Waals surface area (Å²) < 4.78 is 1.18. The van der Waals surface area contributed by atoms with Crippen molar-refractivity contribution < 1.29 is 0 Å². The number of H-pyrrole nitrogens is 1. The normalized spacial score (nSPS) is 11.7. The van der Waals surface area contributed by atoms with Gasteiger partial charge in [-0.05, 0) is 87.0 Å². The van der Waals surface area contributed by atoms with E-state index in [-0.39, 0.29) is 0 Å². The summed E-state index contributed by atoms with van der Waals surface area (Å²) in [5.74, 6) is 0. The fraction of sp³-hybridized carbons (Fsp3) is 0.300. The van der Waals surface area contributed by atoms with Crippen LogP contribution in [0.2, 0.25) is 0 Å². The van der Waals surface area contributed by atoms with E-state index in [1.807, 2.05) is 6.20 Å². The summed E-state index contributed by atoms with van der Waals surface area (Å²) in [6, 6.07) is 21.8. The van der Waals surface area contributed by atoms with E-state index in [9.17, 15) is 0 Å². The number of aromatic amines is 1. The van der Waals surface area contributed by atoms with E-state index in [4.69, 9.17) is 0 Å². The van der Waals surface area contributed by atoms with Crippen molar-refractivity contribution in [2.24, 2.45) is 0 Å².